The van der Waals surface area contributed by atoms with E-state index in [2.05, 4.69) is 23.8 Å². The maximum atomic E-state index is 13.8. The summed E-state index contributed by atoms with van der Waals surface area (Å²) in [6, 6.07) is 12.0. The molecule has 0 unspecified atom stereocenters. The van der Waals surface area contributed by atoms with Crippen LogP contribution in [0.2, 0.25) is 0 Å². The fourth-order valence-electron chi connectivity index (χ4n) is 5.38. The number of nitrogens with zero attached hydrogens (tertiary/aromatic N) is 5. The van der Waals surface area contributed by atoms with Crippen molar-refractivity contribution in [3.8, 4) is 11.3 Å². The summed E-state index contributed by atoms with van der Waals surface area (Å²) in [5.74, 6) is 0.312. The first kappa shape index (κ1) is 23.5. The van der Waals surface area contributed by atoms with Gasteiger partial charge in [-0.1, -0.05) is 43.2 Å². The summed E-state index contributed by atoms with van der Waals surface area (Å²) in [6.07, 6.45) is 7.87. The van der Waals surface area contributed by atoms with Crippen molar-refractivity contribution in [2.75, 3.05) is 26.2 Å². The van der Waals surface area contributed by atoms with Crippen LogP contribution in [0.1, 0.15) is 68.8 Å². The first-order valence-electron chi connectivity index (χ1n) is 13.0. The molecule has 7 heteroatoms. The van der Waals surface area contributed by atoms with Gasteiger partial charge < -0.3 is 9.80 Å². The lowest BCUT2D eigenvalue weighted by Gasteiger charge is -2.34. The summed E-state index contributed by atoms with van der Waals surface area (Å²) in [6.45, 7) is 7.11. The number of likely N-dealkylation sites (tertiary alicyclic amines) is 2. The monoisotopic (exact) mass is 473 g/mol. The van der Waals surface area contributed by atoms with Gasteiger partial charge in [0.25, 0.3) is 5.91 Å². The predicted molar refractivity (Wildman–Crippen MR) is 137 cm³/mol. The molecule has 7 nitrogen and oxygen atoms in total. The van der Waals surface area contributed by atoms with Gasteiger partial charge in [-0.3, -0.25) is 9.59 Å². The van der Waals surface area contributed by atoms with E-state index < -0.39 is 0 Å². The highest BCUT2D eigenvalue weighted by molar-refractivity contribution is 6.06. The molecule has 2 aliphatic heterocycles. The lowest BCUT2D eigenvalue weighted by atomic mass is 9.94. The molecule has 2 fully saturated rings. The predicted octanol–water partition coefficient (Wildman–Crippen LogP) is 4.93. The minimum atomic E-state index is -0.00133. The van der Waals surface area contributed by atoms with Crippen LogP contribution in [0.15, 0.2) is 42.6 Å². The zero-order chi connectivity index (χ0) is 24.4. The summed E-state index contributed by atoms with van der Waals surface area (Å²) in [5.41, 5.74) is 3.12. The second kappa shape index (κ2) is 10.2. The van der Waals surface area contributed by atoms with E-state index in [0.717, 1.165) is 61.1 Å². The second-order valence-corrected chi connectivity index (χ2v) is 10.1. The molecule has 2 aromatic heterocycles. The first-order valence-corrected chi connectivity index (χ1v) is 13.0. The van der Waals surface area contributed by atoms with Crippen molar-refractivity contribution in [3.63, 3.8) is 0 Å². The highest BCUT2D eigenvalue weighted by Gasteiger charge is 2.32. The maximum absolute atomic E-state index is 13.8. The van der Waals surface area contributed by atoms with Crippen molar-refractivity contribution < 1.29 is 9.59 Å². The van der Waals surface area contributed by atoms with E-state index in [-0.39, 0.29) is 23.8 Å². The number of carbonyl (C=O) groups is 2. The molecule has 1 aromatic carbocycles. The molecule has 0 N–H and O–H groups in total. The molecule has 0 saturated carbocycles. The van der Waals surface area contributed by atoms with Crippen molar-refractivity contribution in [1.29, 1.82) is 0 Å². The molecule has 2 amide bonds. The summed E-state index contributed by atoms with van der Waals surface area (Å²) in [4.78, 5) is 35.7. The van der Waals surface area contributed by atoms with Crippen LogP contribution in [0, 0.1) is 5.92 Å². The third-order valence-electron chi connectivity index (χ3n) is 7.40. The van der Waals surface area contributed by atoms with Crippen LogP contribution in [0.25, 0.3) is 22.3 Å². The van der Waals surface area contributed by atoms with Gasteiger partial charge in [0.2, 0.25) is 5.91 Å². The molecular formula is C28H35N5O2. The number of piperidine rings is 1. The molecular weight excluding hydrogens is 438 g/mol. The maximum Gasteiger partial charge on any atom is 0.254 e. The Hall–Kier alpha value is -3.22. The number of benzene rings is 1. The number of carbonyl (C=O) groups excluding carboxylic acids is 2. The van der Waals surface area contributed by atoms with Gasteiger partial charge >= 0.3 is 0 Å². The number of aromatic nitrogens is 3. The molecule has 35 heavy (non-hydrogen) atoms. The fourth-order valence-corrected chi connectivity index (χ4v) is 5.38. The van der Waals surface area contributed by atoms with E-state index in [9.17, 15) is 9.59 Å². The normalized spacial score (nSPS) is 17.7. The second-order valence-electron chi connectivity index (χ2n) is 10.1. The van der Waals surface area contributed by atoms with Gasteiger partial charge in [-0.25, -0.2) is 9.67 Å². The number of hydrogen-bond acceptors (Lipinski definition) is 4. The van der Waals surface area contributed by atoms with Crippen molar-refractivity contribution in [2.24, 2.45) is 5.92 Å². The van der Waals surface area contributed by atoms with Crippen LogP contribution in [-0.4, -0.2) is 62.6 Å². The van der Waals surface area contributed by atoms with Crippen molar-refractivity contribution in [1.82, 2.24) is 24.6 Å². The van der Waals surface area contributed by atoms with Gasteiger partial charge in [-0.2, -0.15) is 5.10 Å². The molecule has 0 atom stereocenters. The third kappa shape index (κ3) is 4.81. The lowest BCUT2D eigenvalue weighted by molar-refractivity contribution is -0.136. The van der Waals surface area contributed by atoms with Crippen LogP contribution in [0.4, 0.5) is 0 Å². The van der Waals surface area contributed by atoms with E-state index in [0.29, 0.717) is 18.7 Å². The largest absolute Gasteiger partial charge is 0.342 e. The molecule has 2 saturated heterocycles. The molecule has 0 spiro atoms. The number of rotatable bonds is 4. The quantitative estimate of drug-likeness (QED) is 0.538. The molecule has 0 bridgehead atoms. The van der Waals surface area contributed by atoms with Crippen LogP contribution in [0.5, 0.6) is 0 Å². The molecule has 184 valence electrons. The Balaban J connectivity index is 1.38. The van der Waals surface area contributed by atoms with Crippen molar-refractivity contribution >= 4 is 22.8 Å². The van der Waals surface area contributed by atoms with E-state index >= 15 is 0 Å². The highest BCUT2D eigenvalue weighted by atomic mass is 16.2. The molecule has 4 heterocycles. The topological polar surface area (TPSA) is 71.3 Å². The first-order chi connectivity index (χ1) is 17.0. The SMILES string of the molecule is CC(C)n1ncc2c(C(=O)N3CCC(C(=O)N4CCCCCC4)CC3)cc(-c3ccccc3)nc21. The molecule has 5 rings (SSSR count). The van der Waals surface area contributed by atoms with Gasteiger partial charge in [0, 0.05) is 43.7 Å². The Morgan fingerprint density at radius 1 is 0.914 bits per heavy atom. The minimum Gasteiger partial charge on any atom is -0.342 e. The van der Waals surface area contributed by atoms with E-state index in [1.54, 1.807) is 6.20 Å². The Labute approximate surface area is 207 Å². The molecule has 0 radical (unpaired) electrons. The van der Waals surface area contributed by atoms with Crippen molar-refractivity contribution in [3.05, 3.63) is 48.2 Å². The molecule has 2 aliphatic rings. The van der Waals surface area contributed by atoms with E-state index in [1.807, 2.05) is 46.0 Å². The number of hydrogen-bond donors (Lipinski definition) is 0. The summed E-state index contributed by atoms with van der Waals surface area (Å²) < 4.78 is 1.88. The fraction of sp³-hybridized carbons (Fsp3) is 0.500. The Kier molecular flexibility index (Phi) is 6.84. The lowest BCUT2D eigenvalue weighted by Crippen LogP contribution is -2.44. The number of fused-ring (bicyclic) bond motifs is 1. The van der Waals surface area contributed by atoms with Crippen LogP contribution in [-0.2, 0) is 4.79 Å². The van der Waals surface area contributed by atoms with Crippen LogP contribution >= 0.6 is 0 Å². The highest BCUT2D eigenvalue weighted by Crippen LogP contribution is 2.29. The Morgan fingerprint density at radius 3 is 2.26 bits per heavy atom. The summed E-state index contributed by atoms with van der Waals surface area (Å²) in [7, 11) is 0. The zero-order valence-corrected chi connectivity index (χ0v) is 20.8. The van der Waals surface area contributed by atoms with Gasteiger partial charge in [0.1, 0.15) is 0 Å². The van der Waals surface area contributed by atoms with Crippen LogP contribution < -0.4 is 0 Å². The van der Waals surface area contributed by atoms with E-state index in [1.165, 1.54) is 12.8 Å². The number of pyridine rings is 1. The summed E-state index contributed by atoms with van der Waals surface area (Å²) >= 11 is 0. The standard InChI is InChI=1S/C28H35N5O2/c1-20(2)33-26-24(19-29-33)23(18-25(30-26)21-10-6-5-7-11-21)28(35)32-16-12-22(13-17-32)27(34)31-14-8-3-4-9-15-31/h5-7,10-11,18-20,22H,3-4,8-9,12-17H2,1-2H3. The van der Waals surface area contributed by atoms with E-state index in [4.69, 9.17) is 4.98 Å². The minimum absolute atomic E-state index is 0.00133. The van der Waals surface area contributed by atoms with Gasteiger partial charge in [0.05, 0.1) is 22.8 Å². The molecule has 0 aliphatic carbocycles. The van der Waals surface area contributed by atoms with Gasteiger partial charge in [0.15, 0.2) is 5.65 Å². The smallest absolute Gasteiger partial charge is 0.254 e. The van der Waals surface area contributed by atoms with Crippen LogP contribution in [0.3, 0.4) is 0 Å². The Bertz CT molecular complexity index is 1190. The average Bonchev–Trinajstić information content (AvgIpc) is 3.14. The van der Waals surface area contributed by atoms with Crippen molar-refractivity contribution in [2.45, 2.75) is 58.4 Å². The molecule has 3 aromatic rings. The van der Waals surface area contributed by atoms with Gasteiger partial charge in [-0.05, 0) is 45.6 Å². The van der Waals surface area contributed by atoms with Gasteiger partial charge in [-0.15, -0.1) is 0 Å². The zero-order valence-electron chi connectivity index (χ0n) is 20.8. The number of amides is 2. The summed E-state index contributed by atoms with van der Waals surface area (Å²) in [5, 5.41) is 5.33. The average molecular weight is 474 g/mol. The Morgan fingerprint density at radius 2 is 1.60 bits per heavy atom. The third-order valence-corrected chi connectivity index (χ3v) is 7.40.